The lowest BCUT2D eigenvalue weighted by atomic mass is 10.1. The van der Waals surface area contributed by atoms with Gasteiger partial charge < -0.3 is 25.1 Å². The Labute approximate surface area is 204 Å². The zero-order valence-corrected chi connectivity index (χ0v) is 19.5. The fraction of sp³-hybridized carbons (Fsp3) is 0.292. The Morgan fingerprint density at radius 2 is 2.06 bits per heavy atom. The van der Waals surface area contributed by atoms with Gasteiger partial charge in [-0.1, -0.05) is 11.6 Å². The zero-order valence-electron chi connectivity index (χ0n) is 18.7. The minimum atomic E-state index is -0.399. The van der Waals surface area contributed by atoms with E-state index >= 15 is 0 Å². The number of halogens is 1. The number of pyridine rings is 1. The first-order valence-corrected chi connectivity index (χ1v) is 11.7. The average Bonchev–Trinajstić information content (AvgIpc) is 3.60. The lowest BCUT2D eigenvalue weighted by molar-refractivity contribution is 0.0918. The first kappa shape index (κ1) is 21.6. The Bertz CT molecular complexity index is 1500. The summed E-state index contributed by atoms with van der Waals surface area (Å²) in [6.45, 7) is 3.09. The van der Waals surface area contributed by atoms with Gasteiger partial charge in [-0.2, -0.15) is 4.98 Å². The van der Waals surface area contributed by atoms with E-state index in [9.17, 15) is 9.59 Å². The maximum atomic E-state index is 12.5. The molecule has 2 amide bonds. The van der Waals surface area contributed by atoms with Crippen molar-refractivity contribution < 1.29 is 18.7 Å². The van der Waals surface area contributed by atoms with Gasteiger partial charge in [0.15, 0.2) is 0 Å². The average molecular weight is 493 g/mol. The van der Waals surface area contributed by atoms with Crippen LogP contribution in [0.25, 0.3) is 21.9 Å². The van der Waals surface area contributed by atoms with Crippen LogP contribution < -0.4 is 20.7 Å². The molecule has 3 aromatic heterocycles. The van der Waals surface area contributed by atoms with Crippen molar-refractivity contribution in [3.05, 3.63) is 47.1 Å². The van der Waals surface area contributed by atoms with E-state index in [2.05, 4.69) is 30.9 Å². The quantitative estimate of drug-likeness (QED) is 0.357. The number of furan rings is 1. The fourth-order valence-electron chi connectivity index (χ4n) is 4.06. The van der Waals surface area contributed by atoms with Crippen LogP contribution >= 0.6 is 11.6 Å². The van der Waals surface area contributed by atoms with Crippen molar-refractivity contribution in [1.82, 2.24) is 25.6 Å². The van der Waals surface area contributed by atoms with Crippen LogP contribution in [0.4, 0.5) is 5.69 Å². The Balaban J connectivity index is 1.31. The van der Waals surface area contributed by atoms with Crippen LogP contribution in [0.2, 0.25) is 5.15 Å². The number of amides is 2. The van der Waals surface area contributed by atoms with E-state index in [4.69, 9.17) is 20.8 Å². The van der Waals surface area contributed by atoms with Crippen LogP contribution in [0.15, 0.2) is 34.7 Å². The molecule has 0 spiro atoms. The molecule has 3 N–H and O–H groups in total. The molecule has 11 heteroatoms. The Hall–Kier alpha value is -3.92. The topological polar surface area (TPSA) is 131 Å². The molecule has 178 valence electrons. The molecule has 0 saturated heterocycles. The van der Waals surface area contributed by atoms with E-state index < -0.39 is 5.91 Å². The Morgan fingerprint density at radius 3 is 2.89 bits per heavy atom. The van der Waals surface area contributed by atoms with Crippen LogP contribution in [0.1, 0.15) is 40.9 Å². The summed E-state index contributed by atoms with van der Waals surface area (Å²) < 4.78 is 11.7. The lowest BCUT2D eigenvalue weighted by Gasteiger charge is -2.10. The molecule has 1 aromatic carbocycles. The highest BCUT2D eigenvalue weighted by molar-refractivity contribution is 6.29. The van der Waals surface area contributed by atoms with E-state index in [1.165, 1.54) is 6.07 Å². The summed E-state index contributed by atoms with van der Waals surface area (Å²) in [6.07, 6.45) is 2.24. The van der Waals surface area contributed by atoms with Gasteiger partial charge in [0.25, 0.3) is 11.8 Å². The summed E-state index contributed by atoms with van der Waals surface area (Å²) >= 11 is 6.10. The third-order valence-corrected chi connectivity index (χ3v) is 6.19. The second-order valence-electron chi connectivity index (χ2n) is 8.82. The number of ether oxygens (including phenoxy) is 1. The van der Waals surface area contributed by atoms with Crippen molar-refractivity contribution in [2.75, 3.05) is 18.4 Å². The molecule has 1 aliphatic carbocycles. The highest BCUT2D eigenvalue weighted by Crippen LogP contribution is 2.38. The number of nitrogens with one attached hydrogen (secondary N) is 3. The molecule has 10 nitrogen and oxygen atoms in total. The van der Waals surface area contributed by atoms with Gasteiger partial charge in [0.2, 0.25) is 23.3 Å². The normalized spacial score (nSPS) is 17.4. The van der Waals surface area contributed by atoms with Crippen molar-refractivity contribution in [2.45, 2.75) is 25.8 Å². The summed E-state index contributed by atoms with van der Waals surface area (Å²) in [4.78, 5) is 37.7. The number of nitrogens with zero attached hydrogens (tertiary/aromatic N) is 3. The number of rotatable bonds is 5. The standard InChI is InChI=1S/C24H21ClN6O4/c1-11-9-26-20-19-13-4-7-17(29-14(13)5-6-15(19)34-21(20)23(32)28-11)35-18-8-16(25)30-22(31-18)24(33)27-10-12-2-3-12/h4-8,11-12,26H,2-3,9-10H2,1H3,(H,27,33)(H,28,32). The second-order valence-corrected chi connectivity index (χ2v) is 9.21. The molecule has 1 aliphatic heterocycles. The van der Waals surface area contributed by atoms with Gasteiger partial charge in [-0.05, 0) is 43.9 Å². The number of aromatic nitrogens is 3. The number of hydrogen-bond donors (Lipinski definition) is 3. The molecule has 4 heterocycles. The van der Waals surface area contributed by atoms with Crippen molar-refractivity contribution in [2.24, 2.45) is 5.92 Å². The van der Waals surface area contributed by atoms with Crippen LogP contribution in [0.5, 0.6) is 11.8 Å². The van der Waals surface area contributed by atoms with Crippen molar-refractivity contribution in [1.29, 1.82) is 0 Å². The third-order valence-electron chi connectivity index (χ3n) is 6.00. The molecule has 4 aromatic rings. The van der Waals surface area contributed by atoms with Crippen LogP contribution in [-0.2, 0) is 0 Å². The first-order chi connectivity index (χ1) is 16.9. The van der Waals surface area contributed by atoms with E-state index in [0.717, 1.165) is 23.6 Å². The monoisotopic (exact) mass is 492 g/mol. The van der Waals surface area contributed by atoms with E-state index in [1.807, 2.05) is 13.0 Å². The highest BCUT2D eigenvalue weighted by atomic mass is 35.5. The maximum Gasteiger partial charge on any atom is 0.289 e. The zero-order chi connectivity index (χ0) is 24.1. The summed E-state index contributed by atoms with van der Waals surface area (Å²) in [5, 5.41) is 10.7. The summed E-state index contributed by atoms with van der Waals surface area (Å²) in [5.41, 5.74) is 1.87. The molecular weight excluding hydrogens is 472 g/mol. The number of carbonyl (C=O) groups is 2. The van der Waals surface area contributed by atoms with Crippen molar-refractivity contribution in [3.63, 3.8) is 0 Å². The van der Waals surface area contributed by atoms with Gasteiger partial charge in [0.05, 0.1) is 16.6 Å². The number of hydrogen-bond acceptors (Lipinski definition) is 8. The summed E-state index contributed by atoms with van der Waals surface area (Å²) in [6, 6.07) is 8.48. The minimum Gasteiger partial charge on any atom is -0.449 e. The van der Waals surface area contributed by atoms with Gasteiger partial charge in [0, 0.05) is 36.7 Å². The Kier molecular flexibility index (Phi) is 5.18. The molecule has 1 saturated carbocycles. The van der Waals surface area contributed by atoms with Crippen LogP contribution in [0.3, 0.4) is 0 Å². The van der Waals surface area contributed by atoms with Gasteiger partial charge in [-0.3, -0.25) is 9.59 Å². The van der Waals surface area contributed by atoms with Crippen molar-refractivity contribution >= 4 is 51.0 Å². The van der Waals surface area contributed by atoms with E-state index in [-0.39, 0.29) is 40.4 Å². The first-order valence-electron chi connectivity index (χ1n) is 11.4. The van der Waals surface area contributed by atoms with Gasteiger partial charge in [-0.15, -0.1) is 0 Å². The van der Waals surface area contributed by atoms with Gasteiger partial charge >= 0.3 is 0 Å². The smallest absolute Gasteiger partial charge is 0.289 e. The Morgan fingerprint density at radius 1 is 1.20 bits per heavy atom. The molecule has 6 rings (SSSR count). The number of carbonyl (C=O) groups excluding carboxylic acids is 2. The summed E-state index contributed by atoms with van der Waals surface area (Å²) in [7, 11) is 0. The lowest BCUT2D eigenvalue weighted by Crippen LogP contribution is -2.34. The SMILES string of the molecule is CC1CNc2c(oc3ccc4nc(Oc5cc(Cl)nc(C(=O)NCC6CC6)n5)ccc4c23)C(=O)N1. The second kappa shape index (κ2) is 8.38. The van der Waals surface area contributed by atoms with Gasteiger partial charge in [-0.25, -0.2) is 9.97 Å². The number of benzene rings is 1. The molecular formula is C24H21ClN6O4. The maximum absolute atomic E-state index is 12.5. The third kappa shape index (κ3) is 4.21. The van der Waals surface area contributed by atoms with E-state index in [1.54, 1.807) is 18.2 Å². The highest BCUT2D eigenvalue weighted by Gasteiger charge is 2.27. The van der Waals surface area contributed by atoms with Crippen LogP contribution in [0, 0.1) is 5.92 Å². The molecule has 35 heavy (non-hydrogen) atoms. The summed E-state index contributed by atoms with van der Waals surface area (Å²) in [5.74, 6) is 0.441. The predicted octanol–water partition coefficient (Wildman–Crippen LogP) is 3.90. The number of anilines is 1. The molecule has 1 unspecified atom stereocenters. The molecule has 0 bridgehead atoms. The van der Waals surface area contributed by atoms with Gasteiger partial charge in [0.1, 0.15) is 10.7 Å². The van der Waals surface area contributed by atoms with Crippen LogP contribution in [-0.4, -0.2) is 45.9 Å². The minimum absolute atomic E-state index is 0.0337. The molecule has 1 fully saturated rings. The van der Waals surface area contributed by atoms with E-state index in [0.29, 0.717) is 35.8 Å². The fourth-order valence-corrected chi connectivity index (χ4v) is 4.23. The largest absolute Gasteiger partial charge is 0.449 e. The molecule has 0 radical (unpaired) electrons. The van der Waals surface area contributed by atoms with Crippen molar-refractivity contribution in [3.8, 4) is 11.8 Å². The molecule has 2 aliphatic rings. The number of fused-ring (bicyclic) bond motifs is 5. The molecule has 1 atom stereocenters. The predicted molar refractivity (Wildman–Crippen MR) is 129 cm³/mol.